The van der Waals surface area contributed by atoms with Crippen LogP contribution in [0.4, 0.5) is 5.69 Å². The van der Waals surface area contributed by atoms with Gasteiger partial charge in [0.2, 0.25) is 0 Å². The molecule has 0 aliphatic heterocycles. The number of nitrogens with two attached hydrogens (primary N) is 1. The first-order chi connectivity index (χ1) is 8.95. The van der Waals surface area contributed by atoms with Crippen LogP contribution in [0.1, 0.15) is 16.8 Å². The molecule has 104 valence electrons. The molecule has 1 unspecified atom stereocenters. The van der Waals surface area contributed by atoms with E-state index in [4.69, 9.17) is 15.6 Å². The van der Waals surface area contributed by atoms with Crippen molar-refractivity contribution in [2.24, 2.45) is 0 Å². The number of hydrogen-bond donors (Lipinski definition) is 3. The Kier molecular flexibility index (Phi) is 5.78. The lowest BCUT2D eigenvalue weighted by molar-refractivity contribution is -0.139. The number of hydrogen-bond acceptors (Lipinski definition) is 4. The van der Waals surface area contributed by atoms with E-state index in [-0.39, 0.29) is 13.0 Å². The molecule has 0 radical (unpaired) electrons. The summed E-state index contributed by atoms with van der Waals surface area (Å²) in [6, 6.07) is 3.69. The summed E-state index contributed by atoms with van der Waals surface area (Å²) in [6.07, 6.45) is 0.198. The Morgan fingerprint density at radius 1 is 1.53 bits per heavy atom. The number of ether oxygens (including phenoxy) is 1. The quantitative estimate of drug-likeness (QED) is 0.681. The molecule has 0 aromatic heterocycles. The number of rotatable bonds is 6. The second-order valence-corrected chi connectivity index (χ2v) is 4.74. The fourth-order valence-electron chi connectivity index (χ4n) is 1.42. The van der Waals surface area contributed by atoms with Crippen LogP contribution in [0.5, 0.6) is 0 Å². The van der Waals surface area contributed by atoms with Gasteiger partial charge in [-0.25, -0.2) is 4.79 Å². The van der Waals surface area contributed by atoms with Gasteiger partial charge >= 0.3 is 5.97 Å². The van der Waals surface area contributed by atoms with Crippen molar-refractivity contribution in [2.75, 3.05) is 19.5 Å². The molecule has 1 rings (SSSR count). The standard InChI is InChI=1S/C12H15BrN2O4/c1-19-5-4-10(12(17)18)15-11(16)7-2-3-8(13)9(14)6-7/h2-3,6,10H,4-5,14H2,1H3,(H,15,16)(H,17,18). The van der Waals surface area contributed by atoms with Crippen LogP contribution in [-0.2, 0) is 9.53 Å². The van der Waals surface area contributed by atoms with E-state index in [9.17, 15) is 9.59 Å². The maximum absolute atomic E-state index is 11.9. The molecule has 0 saturated carbocycles. The van der Waals surface area contributed by atoms with Crippen molar-refractivity contribution >= 4 is 33.5 Å². The summed E-state index contributed by atoms with van der Waals surface area (Å²) in [7, 11) is 1.47. The molecule has 7 heteroatoms. The van der Waals surface area contributed by atoms with Crippen molar-refractivity contribution in [3.8, 4) is 0 Å². The third-order valence-electron chi connectivity index (χ3n) is 2.47. The molecule has 0 saturated heterocycles. The van der Waals surface area contributed by atoms with E-state index in [0.717, 1.165) is 0 Å². The van der Waals surface area contributed by atoms with Gasteiger partial charge in [-0.05, 0) is 34.1 Å². The number of carboxylic acids is 1. The Morgan fingerprint density at radius 2 is 2.21 bits per heavy atom. The lowest BCUT2D eigenvalue weighted by Crippen LogP contribution is -2.41. The summed E-state index contributed by atoms with van der Waals surface area (Å²) >= 11 is 3.22. The molecule has 0 aliphatic carbocycles. The van der Waals surface area contributed by atoms with E-state index >= 15 is 0 Å². The smallest absolute Gasteiger partial charge is 0.326 e. The Labute approximate surface area is 119 Å². The van der Waals surface area contributed by atoms with Gasteiger partial charge in [0.1, 0.15) is 6.04 Å². The molecular weight excluding hydrogens is 316 g/mol. The highest BCUT2D eigenvalue weighted by atomic mass is 79.9. The highest BCUT2D eigenvalue weighted by molar-refractivity contribution is 9.10. The lowest BCUT2D eigenvalue weighted by atomic mass is 10.1. The van der Waals surface area contributed by atoms with Crippen molar-refractivity contribution in [3.63, 3.8) is 0 Å². The van der Waals surface area contributed by atoms with E-state index < -0.39 is 17.9 Å². The van der Waals surface area contributed by atoms with Gasteiger partial charge in [-0.15, -0.1) is 0 Å². The Morgan fingerprint density at radius 3 is 2.74 bits per heavy atom. The summed E-state index contributed by atoms with van der Waals surface area (Å²) in [6.45, 7) is 0.250. The number of anilines is 1. The van der Waals surface area contributed by atoms with Crippen LogP contribution in [0, 0.1) is 0 Å². The molecule has 0 bridgehead atoms. The summed E-state index contributed by atoms with van der Waals surface area (Å²) in [4.78, 5) is 22.9. The number of carbonyl (C=O) groups excluding carboxylic acids is 1. The van der Waals surface area contributed by atoms with Crippen LogP contribution in [0.25, 0.3) is 0 Å². The zero-order valence-corrected chi connectivity index (χ0v) is 11.9. The van der Waals surface area contributed by atoms with Gasteiger partial charge in [0.15, 0.2) is 0 Å². The maximum atomic E-state index is 11.9. The number of methoxy groups -OCH3 is 1. The SMILES string of the molecule is COCCC(NC(=O)c1ccc(Br)c(N)c1)C(=O)O. The van der Waals surface area contributed by atoms with Gasteiger partial charge in [0.05, 0.1) is 0 Å². The fraction of sp³-hybridized carbons (Fsp3) is 0.333. The van der Waals surface area contributed by atoms with Gasteiger partial charge in [0, 0.05) is 35.9 Å². The minimum absolute atomic E-state index is 0.198. The van der Waals surface area contributed by atoms with Crippen molar-refractivity contribution in [2.45, 2.75) is 12.5 Å². The summed E-state index contributed by atoms with van der Waals surface area (Å²) in [5, 5.41) is 11.4. The summed E-state index contributed by atoms with van der Waals surface area (Å²) in [5.74, 6) is -1.59. The molecule has 4 N–H and O–H groups in total. The molecular formula is C12H15BrN2O4. The molecule has 1 atom stereocenters. The number of nitrogens with one attached hydrogen (secondary N) is 1. The fourth-order valence-corrected chi connectivity index (χ4v) is 1.67. The van der Waals surface area contributed by atoms with Crippen LogP contribution in [-0.4, -0.2) is 36.7 Å². The van der Waals surface area contributed by atoms with Crippen LogP contribution in [0.15, 0.2) is 22.7 Å². The molecule has 6 nitrogen and oxygen atoms in total. The lowest BCUT2D eigenvalue weighted by Gasteiger charge is -2.14. The number of carboxylic acid groups (broad SMARTS) is 1. The molecule has 0 aliphatic rings. The maximum Gasteiger partial charge on any atom is 0.326 e. The van der Waals surface area contributed by atoms with Crippen molar-refractivity contribution < 1.29 is 19.4 Å². The predicted molar refractivity (Wildman–Crippen MR) is 73.9 cm³/mol. The first-order valence-electron chi connectivity index (χ1n) is 5.53. The van der Waals surface area contributed by atoms with E-state index in [1.54, 1.807) is 12.1 Å². The largest absolute Gasteiger partial charge is 0.480 e. The van der Waals surface area contributed by atoms with E-state index in [1.165, 1.54) is 13.2 Å². The third kappa shape index (κ3) is 4.53. The highest BCUT2D eigenvalue weighted by Crippen LogP contribution is 2.20. The Hall–Kier alpha value is -1.60. The van der Waals surface area contributed by atoms with Crippen LogP contribution >= 0.6 is 15.9 Å². The minimum atomic E-state index is -1.10. The molecule has 19 heavy (non-hydrogen) atoms. The van der Waals surface area contributed by atoms with Crippen LogP contribution in [0.3, 0.4) is 0 Å². The average molecular weight is 331 g/mol. The topological polar surface area (TPSA) is 102 Å². The predicted octanol–water partition coefficient (Wildman–Crippen LogP) is 1.25. The Bertz CT molecular complexity index is 479. The highest BCUT2D eigenvalue weighted by Gasteiger charge is 2.20. The first kappa shape index (κ1) is 15.5. The monoisotopic (exact) mass is 330 g/mol. The van der Waals surface area contributed by atoms with Crippen LogP contribution < -0.4 is 11.1 Å². The second-order valence-electron chi connectivity index (χ2n) is 3.88. The number of aliphatic carboxylic acids is 1. The molecule has 1 aromatic rings. The summed E-state index contributed by atoms with van der Waals surface area (Å²) < 4.78 is 5.48. The molecule has 0 heterocycles. The number of nitrogen functional groups attached to an aromatic ring is 1. The van der Waals surface area contributed by atoms with Gasteiger partial charge < -0.3 is 20.9 Å². The molecule has 1 aromatic carbocycles. The van der Waals surface area contributed by atoms with E-state index in [0.29, 0.717) is 15.7 Å². The van der Waals surface area contributed by atoms with Gasteiger partial charge in [0.25, 0.3) is 5.91 Å². The minimum Gasteiger partial charge on any atom is -0.480 e. The first-order valence-corrected chi connectivity index (χ1v) is 6.32. The van der Waals surface area contributed by atoms with Crippen molar-refractivity contribution in [3.05, 3.63) is 28.2 Å². The van der Waals surface area contributed by atoms with Crippen molar-refractivity contribution in [1.82, 2.24) is 5.32 Å². The number of halogens is 1. The van der Waals surface area contributed by atoms with E-state index in [1.807, 2.05) is 0 Å². The van der Waals surface area contributed by atoms with E-state index in [2.05, 4.69) is 21.2 Å². The number of carbonyl (C=O) groups is 2. The van der Waals surface area contributed by atoms with Crippen molar-refractivity contribution in [1.29, 1.82) is 0 Å². The third-order valence-corrected chi connectivity index (χ3v) is 3.19. The van der Waals surface area contributed by atoms with Gasteiger partial charge in [-0.2, -0.15) is 0 Å². The zero-order valence-electron chi connectivity index (χ0n) is 10.4. The summed E-state index contributed by atoms with van der Waals surface area (Å²) in [5.41, 5.74) is 6.39. The number of benzene rings is 1. The molecule has 0 spiro atoms. The normalized spacial score (nSPS) is 11.9. The molecule has 0 fully saturated rings. The Balaban J connectivity index is 2.75. The number of amides is 1. The van der Waals surface area contributed by atoms with Gasteiger partial charge in [-0.3, -0.25) is 4.79 Å². The van der Waals surface area contributed by atoms with Crippen LogP contribution in [0.2, 0.25) is 0 Å². The second kappa shape index (κ2) is 7.10. The van der Waals surface area contributed by atoms with Gasteiger partial charge in [-0.1, -0.05) is 0 Å². The average Bonchev–Trinajstić information content (AvgIpc) is 2.37. The zero-order chi connectivity index (χ0) is 14.4. The molecule has 1 amide bonds.